The lowest BCUT2D eigenvalue weighted by Crippen LogP contribution is -1.93. The highest BCUT2D eigenvalue weighted by Crippen LogP contribution is 2.52. The van der Waals surface area contributed by atoms with E-state index in [0.29, 0.717) is 11.1 Å². The van der Waals surface area contributed by atoms with E-state index in [0.717, 1.165) is 71.3 Å². The second-order valence-electron chi connectivity index (χ2n) is 13.0. The van der Waals surface area contributed by atoms with E-state index in [-0.39, 0.29) is 0 Å². The molecule has 9 rings (SSSR count). The fourth-order valence-corrected chi connectivity index (χ4v) is 8.22. The quantitative estimate of drug-likeness (QED) is 0.179. The Balaban J connectivity index is 1.45. The van der Waals surface area contributed by atoms with Crippen LogP contribution in [0.25, 0.3) is 88.5 Å². The maximum Gasteiger partial charge on any atom is 0.0998 e. The monoisotopic (exact) mass is 646 g/mol. The Hall–Kier alpha value is -7.00. The number of rotatable bonds is 4. The number of allylic oxidation sites excluding steroid dienone is 1. The predicted molar refractivity (Wildman–Crippen MR) is 213 cm³/mol. The summed E-state index contributed by atoms with van der Waals surface area (Å²) < 4.78 is 0. The summed E-state index contributed by atoms with van der Waals surface area (Å²) in [6.45, 7) is 6.40. The van der Waals surface area contributed by atoms with Crippen LogP contribution >= 0.6 is 0 Å². The van der Waals surface area contributed by atoms with Gasteiger partial charge in [0.25, 0.3) is 0 Å². The topological polar surface area (TPSA) is 47.6 Å². The molecule has 1 aliphatic rings. The molecule has 0 unspecified atom stereocenters. The van der Waals surface area contributed by atoms with Gasteiger partial charge in [0.1, 0.15) is 0 Å². The van der Waals surface area contributed by atoms with Crippen molar-refractivity contribution >= 4 is 44.0 Å². The molecule has 0 radical (unpaired) electrons. The summed E-state index contributed by atoms with van der Waals surface area (Å²) in [4.78, 5) is 0. The first-order valence-corrected chi connectivity index (χ1v) is 17.1. The molecule has 0 saturated heterocycles. The van der Waals surface area contributed by atoms with Gasteiger partial charge in [0, 0.05) is 11.1 Å². The number of nitrogens with zero attached hydrogens (tertiary/aromatic N) is 2. The molecule has 8 aromatic rings. The molecule has 2 nitrogen and oxygen atoms in total. The van der Waals surface area contributed by atoms with Crippen LogP contribution in [0, 0.1) is 22.7 Å². The van der Waals surface area contributed by atoms with E-state index >= 15 is 0 Å². The van der Waals surface area contributed by atoms with Gasteiger partial charge in [0.15, 0.2) is 0 Å². The van der Waals surface area contributed by atoms with Gasteiger partial charge in [0.2, 0.25) is 0 Å². The third kappa shape index (κ3) is 4.48. The smallest absolute Gasteiger partial charge is 0.0998 e. The van der Waals surface area contributed by atoms with E-state index in [1.54, 1.807) is 0 Å². The van der Waals surface area contributed by atoms with E-state index in [2.05, 4.69) is 123 Å². The minimum absolute atomic E-state index is 0.638. The van der Waals surface area contributed by atoms with E-state index in [1.807, 2.05) is 54.6 Å². The summed E-state index contributed by atoms with van der Waals surface area (Å²) in [6, 6.07) is 53.2. The Bertz CT molecular complexity index is 2890. The molecule has 0 N–H and O–H groups in total. The SMILES string of the molecule is C=Cc1c(-c2ccccc2)ccc2c1/C(=C\C)c1cc3c(-c4ccccc4C#N)cc4c5ccccc5c(-c5ccccc5C#N)cc4c3cc1-2. The Kier molecular flexibility index (Phi) is 6.99. The zero-order chi connectivity index (χ0) is 34.6. The average Bonchev–Trinajstić information content (AvgIpc) is 3.51. The molecule has 0 aliphatic heterocycles. The van der Waals surface area contributed by atoms with Crippen molar-refractivity contribution in [2.45, 2.75) is 6.92 Å². The van der Waals surface area contributed by atoms with Crippen molar-refractivity contribution < 1.29 is 0 Å². The minimum Gasteiger partial charge on any atom is -0.192 e. The van der Waals surface area contributed by atoms with Gasteiger partial charge in [-0.1, -0.05) is 122 Å². The van der Waals surface area contributed by atoms with Crippen molar-refractivity contribution in [2.75, 3.05) is 0 Å². The first kappa shape index (κ1) is 30.1. The average molecular weight is 647 g/mol. The lowest BCUT2D eigenvalue weighted by atomic mass is 9.85. The van der Waals surface area contributed by atoms with Gasteiger partial charge in [-0.25, -0.2) is 0 Å². The molecule has 0 heterocycles. The minimum atomic E-state index is 0.638. The van der Waals surface area contributed by atoms with E-state index in [9.17, 15) is 10.5 Å². The maximum absolute atomic E-state index is 10.3. The number of benzene rings is 8. The Labute approximate surface area is 297 Å². The van der Waals surface area contributed by atoms with Gasteiger partial charge in [-0.2, -0.15) is 10.5 Å². The lowest BCUT2D eigenvalue weighted by Gasteiger charge is -2.18. The van der Waals surface area contributed by atoms with Crippen molar-refractivity contribution in [3.63, 3.8) is 0 Å². The molecule has 8 aromatic carbocycles. The molecule has 0 atom stereocenters. The molecule has 0 aromatic heterocycles. The van der Waals surface area contributed by atoms with Crippen LogP contribution < -0.4 is 0 Å². The van der Waals surface area contributed by atoms with E-state index in [4.69, 9.17) is 0 Å². The fourth-order valence-electron chi connectivity index (χ4n) is 8.22. The van der Waals surface area contributed by atoms with Gasteiger partial charge >= 0.3 is 0 Å². The summed E-state index contributed by atoms with van der Waals surface area (Å²) in [6.07, 6.45) is 4.21. The number of nitriles is 2. The molecule has 2 heteroatoms. The highest BCUT2D eigenvalue weighted by molar-refractivity contribution is 6.25. The molecular weight excluding hydrogens is 617 g/mol. The Morgan fingerprint density at radius 3 is 1.61 bits per heavy atom. The molecule has 51 heavy (non-hydrogen) atoms. The largest absolute Gasteiger partial charge is 0.192 e. The standard InChI is InChI=1S/C49H30N2/c1-3-33-37(30-14-6-5-7-15-30)22-23-40-45-27-48-46(24-41(45)34(4-2)49(33)40)43(36-19-11-9-17-32(36)29-51)26-44-39-21-13-12-20-38(39)42(25-47(44)48)35-18-10-8-16-31(35)28-50/h3-27H,1H2,2H3/b34-4-. The molecule has 0 spiro atoms. The third-order valence-electron chi connectivity index (χ3n) is 10.5. The van der Waals surface area contributed by atoms with Crippen molar-refractivity contribution in [3.8, 4) is 56.6 Å². The fraction of sp³-hybridized carbons (Fsp3) is 0.0204. The number of hydrogen-bond donors (Lipinski definition) is 0. The number of fused-ring (bicyclic) bond motifs is 8. The highest BCUT2D eigenvalue weighted by atomic mass is 14.3. The van der Waals surface area contributed by atoms with Crippen LogP contribution in [-0.2, 0) is 0 Å². The normalized spacial score (nSPS) is 12.5. The predicted octanol–water partition coefficient (Wildman–Crippen LogP) is 13.0. The van der Waals surface area contributed by atoms with Crippen LogP contribution in [0.15, 0.2) is 152 Å². The van der Waals surface area contributed by atoms with Crippen LogP contribution in [0.1, 0.15) is 34.7 Å². The van der Waals surface area contributed by atoms with Gasteiger partial charge < -0.3 is 0 Å². The van der Waals surface area contributed by atoms with Crippen LogP contribution in [-0.4, -0.2) is 0 Å². The van der Waals surface area contributed by atoms with E-state index < -0.39 is 0 Å². The molecule has 236 valence electrons. The molecule has 0 saturated carbocycles. The Morgan fingerprint density at radius 1 is 0.451 bits per heavy atom. The summed E-state index contributed by atoms with van der Waals surface area (Å²) in [5, 5.41) is 27.0. The van der Waals surface area contributed by atoms with Gasteiger partial charge in [-0.15, -0.1) is 0 Å². The first-order valence-electron chi connectivity index (χ1n) is 17.1. The van der Waals surface area contributed by atoms with Crippen LogP contribution in [0.5, 0.6) is 0 Å². The zero-order valence-corrected chi connectivity index (χ0v) is 28.0. The van der Waals surface area contributed by atoms with Crippen LogP contribution in [0.4, 0.5) is 0 Å². The summed E-state index contributed by atoms with van der Waals surface area (Å²) in [7, 11) is 0. The molecule has 0 amide bonds. The summed E-state index contributed by atoms with van der Waals surface area (Å²) >= 11 is 0. The van der Waals surface area contributed by atoms with Gasteiger partial charge in [-0.05, 0) is 131 Å². The second kappa shape index (κ2) is 11.9. The molecular formula is C49H30N2. The molecule has 0 fully saturated rings. The van der Waals surface area contributed by atoms with Gasteiger partial charge in [-0.3, -0.25) is 0 Å². The summed E-state index contributed by atoms with van der Waals surface area (Å²) in [5.74, 6) is 0. The maximum atomic E-state index is 10.3. The number of hydrogen-bond acceptors (Lipinski definition) is 2. The van der Waals surface area contributed by atoms with Crippen molar-refractivity contribution in [2.24, 2.45) is 0 Å². The first-order chi connectivity index (χ1) is 25.1. The Morgan fingerprint density at radius 2 is 0.961 bits per heavy atom. The third-order valence-corrected chi connectivity index (χ3v) is 10.5. The molecule has 1 aliphatic carbocycles. The zero-order valence-electron chi connectivity index (χ0n) is 28.0. The highest BCUT2D eigenvalue weighted by Gasteiger charge is 2.29. The molecule has 0 bridgehead atoms. The van der Waals surface area contributed by atoms with E-state index in [1.165, 1.54) is 27.8 Å². The lowest BCUT2D eigenvalue weighted by molar-refractivity contribution is 1.48. The second-order valence-corrected chi connectivity index (χ2v) is 13.0. The summed E-state index contributed by atoms with van der Waals surface area (Å²) in [5.41, 5.74) is 14.5. The van der Waals surface area contributed by atoms with Gasteiger partial charge in [0.05, 0.1) is 23.3 Å². The van der Waals surface area contributed by atoms with Crippen molar-refractivity contribution in [3.05, 3.63) is 180 Å². The van der Waals surface area contributed by atoms with Crippen LogP contribution in [0.2, 0.25) is 0 Å². The van der Waals surface area contributed by atoms with Crippen molar-refractivity contribution in [1.29, 1.82) is 10.5 Å². The van der Waals surface area contributed by atoms with Crippen molar-refractivity contribution in [1.82, 2.24) is 0 Å². The van der Waals surface area contributed by atoms with Crippen LogP contribution in [0.3, 0.4) is 0 Å².